The minimum Gasteiger partial charge on any atom is -0.497 e. The van der Waals surface area contributed by atoms with E-state index in [1.807, 2.05) is 36.4 Å². The number of methoxy groups -OCH3 is 4. The maximum Gasteiger partial charge on any atom is 0.310 e. The van der Waals surface area contributed by atoms with Gasteiger partial charge in [-0.2, -0.15) is 0 Å². The summed E-state index contributed by atoms with van der Waals surface area (Å²) in [4.78, 5) is 40.2. The zero-order valence-corrected chi connectivity index (χ0v) is 31.3. The van der Waals surface area contributed by atoms with Crippen LogP contribution in [0.3, 0.4) is 0 Å². The smallest absolute Gasteiger partial charge is 0.310 e. The average Bonchev–Trinajstić information content (AvgIpc) is 3.85. The van der Waals surface area contributed by atoms with Crippen LogP contribution in [0.4, 0.5) is 0 Å². The zero-order chi connectivity index (χ0) is 38.9. The molecule has 4 atom stereocenters. The molecule has 4 aromatic carbocycles. The summed E-state index contributed by atoms with van der Waals surface area (Å²) in [7, 11) is 6.18. The highest BCUT2D eigenvalue weighted by molar-refractivity contribution is 5.83. The van der Waals surface area contributed by atoms with Crippen LogP contribution in [-0.2, 0) is 19.1 Å². The molecular weight excluding hydrogens is 724 g/mol. The topological polar surface area (TPSA) is 147 Å². The number of ether oxygens (including phenoxy) is 9. The van der Waals surface area contributed by atoms with Gasteiger partial charge in [-0.3, -0.25) is 14.4 Å². The SMILES string of the molecule is COc1ccc(-c2coc3cc(OCCCCC(=O)O[C@@H]4c5cc6c(cc5[C@@H](c5cc(OC)c(OC)c(OC)c5)[C@H]5C(=O)OC[C@@H]54)OCO6)ccc3c2=O)cc1. The van der Waals surface area contributed by atoms with Gasteiger partial charge in [0, 0.05) is 29.9 Å². The summed E-state index contributed by atoms with van der Waals surface area (Å²) in [5.74, 6) is 1.16. The fraction of sp³-hybridized carbons (Fsp3) is 0.326. The van der Waals surface area contributed by atoms with Crippen LogP contribution in [0.2, 0.25) is 0 Å². The van der Waals surface area contributed by atoms with Crippen molar-refractivity contribution in [1.82, 2.24) is 0 Å². The predicted molar refractivity (Wildman–Crippen MR) is 201 cm³/mol. The third kappa shape index (κ3) is 6.67. The van der Waals surface area contributed by atoms with E-state index in [0.29, 0.717) is 81.8 Å². The van der Waals surface area contributed by atoms with E-state index in [4.69, 9.17) is 47.0 Å². The molecule has 56 heavy (non-hydrogen) atoms. The molecule has 0 unspecified atom stereocenters. The van der Waals surface area contributed by atoms with Gasteiger partial charge in [0.05, 0.1) is 58.5 Å². The first-order valence-corrected chi connectivity index (χ1v) is 18.2. The Bertz CT molecular complexity index is 2320. The fourth-order valence-electron chi connectivity index (χ4n) is 7.87. The molecule has 13 nitrogen and oxygen atoms in total. The number of esters is 2. The van der Waals surface area contributed by atoms with Crippen molar-refractivity contribution in [3.8, 4) is 51.4 Å². The Morgan fingerprint density at radius 2 is 1.48 bits per heavy atom. The average molecular weight is 765 g/mol. The number of fused-ring (bicyclic) bond motifs is 4. The van der Waals surface area contributed by atoms with E-state index < -0.39 is 29.8 Å². The number of cyclic esters (lactones) is 1. The predicted octanol–water partition coefficient (Wildman–Crippen LogP) is 6.99. The van der Waals surface area contributed by atoms with Crippen LogP contribution in [0, 0.1) is 11.8 Å². The van der Waals surface area contributed by atoms with Crippen molar-refractivity contribution in [3.63, 3.8) is 0 Å². The molecule has 2 aliphatic heterocycles. The van der Waals surface area contributed by atoms with E-state index >= 15 is 0 Å². The maximum absolute atomic E-state index is 13.5. The Labute approximate surface area is 321 Å². The van der Waals surface area contributed by atoms with Crippen molar-refractivity contribution in [1.29, 1.82) is 0 Å². The minimum atomic E-state index is -0.768. The van der Waals surface area contributed by atoms with Crippen LogP contribution in [0.5, 0.6) is 40.2 Å². The van der Waals surface area contributed by atoms with Crippen LogP contribution < -0.4 is 38.6 Å². The lowest BCUT2D eigenvalue weighted by atomic mass is 9.66. The Balaban J connectivity index is 0.952. The molecule has 1 saturated heterocycles. The lowest BCUT2D eigenvalue weighted by Crippen LogP contribution is -2.36. The van der Waals surface area contributed by atoms with E-state index in [-0.39, 0.29) is 31.2 Å². The number of benzene rings is 4. The summed E-state index contributed by atoms with van der Waals surface area (Å²) in [6, 6.07) is 19.6. The second-order valence-corrected chi connectivity index (χ2v) is 13.7. The van der Waals surface area contributed by atoms with Crippen molar-refractivity contribution < 1.29 is 56.6 Å². The molecule has 8 rings (SSSR count). The fourth-order valence-corrected chi connectivity index (χ4v) is 7.87. The van der Waals surface area contributed by atoms with E-state index in [0.717, 1.165) is 16.7 Å². The van der Waals surface area contributed by atoms with Gasteiger partial charge in [-0.05, 0) is 78.1 Å². The Morgan fingerprint density at radius 3 is 2.18 bits per heavy atom. The molecule has 1 aliphatic carbocycles. The number of rotatable bonds is 13. The lowest BCUT2D eigenvalue weighted by Gasteiger charge is -2.38. The summed E-state index contributed by atoms with van der Waals surface area (Å²) < 4.78 is 57.1. The first kappa shape index (κ1) is 36.6. The molecule has 3 heterocycles. The third-order valence-electron chi connectivity index (χ3n) is 10.6. The van der Waals surface area contributed by atoms with Gasteiger partial charge >= 0.3 is 11.9 Å². The van der Waals surface area contributed by atoms with Crippen LogP contribution in [0.1, 0.15) is 48.0 Å². The van der Waals surface area contributed by atoms with Crippen molar-refractivity contribution in [3.05, 3.63) is 99.9 Å². The molecule has 0 spiro atoms. The lowest BCUT2D eigenvalue weighted by molar-refractivity contribution is -0.154. The summed E-state index contributed by atoms with van der Waals surface area (Å²) in [5.41, 5.74) is 3.63. The van der Waals surface area contributed by atoms with Gasteiger partial charge in [0.25, 0.3) is 0 Å². The largest absolute Gasteiger partial charge is 0.497 e. The van der Waals surface area contributed by atoms with Gasteiger partial charge in [-0.15, -0.1) is 0 Å². The normalized spacial score (nSPS) is 19.1. The van der Waals surface area contributed by atoms with Crippen LogP contribution in [0.15, 0.2) is 82.2 Å². The molecule has 0 N–H and O–H groups in total. The second-order valence-electron chi connectivity index (χ2n) is 13.7. The van der Waals surface area contributed by atoms with E-state index in [1.165, 1.54) is 27.6 Å². The molecule has 290 valence electrons. The van der Waals surface area contributed by atoms with Crippen LogP contribution in [0.25, 0.3) is 22.1 Å². The molecule has 0 bridgehead atoms. The monoisotopic (exact) mass is 764 g/mol. The van der Waals surface area contributed by atoms with Crippen molar-refractivity contribution >= 4 is 22.9 Å². The zero-order valence-electron chi connectivity index (χ0n) is 31.3. The molecule has 3 aliphatic rings. The molecule has 13 heteroatoms. The first-order chi connectivity index (χ1) is 27.3. The Kier molecular flexibility index (Phi) is 10.1. The van der Waals surface area contributed by atoms with Gasteiger partial charge in [0.15, 0.2) is 28.4 Å². The second kappa shape index (κ2) is 15.4. The molecule has 0 radical (unpaired) electrons. The third-order valence-corrected chi connectivity index (χ3v) is 10.6. The molecule has 1 fully saturated rings. The highest BCUT2D eigenvalue weighted by Gasteiger charge is 2.54. The van der Waals surface area contributed by atoms with Gasteiger partial charge in [-0.1, -0.05) is 12.1 Å². The quantitative estimate of drug-likeness (QED) is 0.0897. The molecule has 1 aromatic heterocycles. The highest BCUT2D eigenvalue weighted by atomic mass is 16.7. The number of hydrogen-bond acceptors (Lipinski definition) is 13. The van der Waals surface area contributed by atoms with Crippen molar-refractivity contribution in [2.45, 2.75) is 31.3 Å². The van der Waals surface area contributed by atoms with Gasteiger partial charge < -0.3 is 47.0 Å². The minimum absolute atomic E-state index is 0.0493. The summed E-state index contributed by atoms with van der Waals surface area (Å²) >= 11 is 0. The summed E-state index contributed by atoms with van der Waals surface area (Å²) in [6.45, 7) is 0.457. The molecule has 0 saturated carbocycles. The number of hydrogen-bond donors (Lipinski definition) is 0. The standard InChI is InChI=1S/C43H40O13/c1-47-25-10-8-23(9-11-25)30-20-52-32-17-26(12-13-27(32)40(30)45)51-14-6-5-7-37(44)56-41-29-19-34-33(54-22-55-34)18-28(29)38(39-31(41)21-53-43(39)46)24-15-35(48-2)42(50-4)36(16-24)49-3/h8-13,15-20,31,38-39,41H,5-7,14,21-22H2,1-4H3/t31-,38+,39-,41+/m0/s1. The summed E-state index contributed by atoms with van der Waals surface area (Å²) in [5, 5.41) is 0.438. The number of unbranched alkanes of at least 4 members (excludes halogenated alkanes) is 1. The maximum atomic E-state index is 13.5. The van der Waals surface area contributed by atoms with Crippen molar-refractivity contribution in [2.75, 3.05) is 48.4 Å². The molecular formula is C43H40O13. The molecule has 5 aromatic rings. The number of carbonyl (C=O) groups excluding carboxylic acids is 2. The van der Waals surface area contributed by atoms with Gasteiger partial charge in [0.1, 0.15) is 29.4 Å². The molecule has 0 amide bonds. The van der Waals surface area contributed by atoms with Gasteiger partial charge in [0.2, 0.25) is 12.5 Å². The number of carbonyl (C=O) groups is 2. The van der Waals surface area contributed by atoms with E-state index in [9.17, 15) is 14.4 Å². The highest BCUT2D eigenvalue weighted by Crippen LogP contribution is 2.56. The Hall–Kier alpha value is -6.37. The van der Waals surface area contributed by atoms with E-state index in [1.54, 1.807) is 37.4 Å². The van der Waals surface area contributed by atoms with Crippen molar-refractivity contribution in [2.24, 2.45) is 11.8 Å². The summed E-state index contributed by atoms with van der Waals surface area (Å²) in [6.07, 6.45) is 1.86. The first-order valence-electron chi connectivity index (χ1n) is 18.2. The van der Waals surface area contributed by atoms with Crippen LogP contribution in [-0.4, -0.2) is 60.4 Å². The van der Waals surface area contributed by atoms with Crippen LogP contribution >= 0.6 is 0 Å². The Morgan fingerprint density at radius 1 is 0.768 bits per heavy atom. The van der Waals surface area contributed by atoms with E-state index in [2.05, 4.69) is 0 Å². The van der Waals surface area contributed by atoms with Gasteiger partial charge in [-0.25, -0.2) is 0 Å².